The molecule has 1 aromatic rings. The van der Waals surface area contributed by atoms with Crippen LogP contribution in [-0.2, 0) is 10.3 Å². The Morgan fingerprint density at radius 1 is 1.26 bits per heavy atom. The molecule has 1 aliphatic carbocycles. The number of methoxy groups -OCH3 is 1. The number of nitrogens with zero attached hydrogens (tertiary/aromatic N) is 2. The summed E-state index contributed by atoms with van der Waals surface area (Å²) in [5.41, 5.74) is 3.23. The summed E-state index contributed by atoms with van der Waals surface area (Å²) in [5.74, 6) is 1.30. The topological polar surface area (TPSA) is 47.0 Å². The lowest BCUT2D eigenvalue weighted by atomic mass is 9.79. The molecular weight excluding hydrogens is 238 g/mol. The Labute approximate surface area is 116 Å². The number of hydrogen-bond donors (Lipinski definition) is 1. The molecule has 1 heterocycles. The van der Waals surface area contributed by atoms with E-state index in [-0.39, 0.29) is 5.60 Å². The smallest absolute Gasteiger partial charge is 0.160 e. The third-order valence-electron chi connectivity index (χ3n) is 4.29. The molecule has 4 heteroatoms. The average Bonchev–Trinajstić information content (AvgIpc) is 2.27. The van der Waals surface area contributed by atoms with Crippen molar-refractivity contribution in [1.29, 1.82) is 0 Å². The molecule has 0 saturated heterocycles. The third kappa shape index (κ3) is 2.51. The fraction of sp³-hybridized carbons (Fsp3) is 0.733. The maximum atomic E-state index is 5.68. The van der Waals surface area contributed by atoms with Crippen molar-refractivity contribution >= 4 is 0 Å². The molecule has 0 aromatic carbocycles. The highest BCUT2D eigenvalue weighted by atomic mass is 16.5. The van der Waals surface area contributed by atoms with E-state index in [4.69, 9.17) is 14.7 Å². The summed E-state index contributed by atoms with van der Waals surface area (Å²) < 4.78 is 5.68. The van der Waals surface area contributed by atoms with Gasteiger partial charge in [0, 0.05) is 25.0 Å². The summed E-state index contributed by atoms with van der Waals surface area (Å²) in [6.07, 6.45) is 3.27. The molecule has 106 valence electrons. The largest absolute Gasteiger partial charge is 0.370 e. The van der Waals surface area contributed by atoms with E-state index < -0.39 is 0 Å². The van der Waals surface area contributed by atoms with Gasteiger partial charge in [-0.2, -0.15) is 0 Å². The third-order valence-corrected chi connectivity index (χ3v) is 4.29. The van der Waals surface area contributed by atoms with Crippen molar-refractivity contribution in [2.75, 3.05) is 20.7 Å². The predicted molar refractivity (Wildman–Crippen MR) is 76.4 cm³/mol. The zero-order valence-electron chi connectivity index (χ0n) is 12.7. The fourth-order valence-corrected chi connectivity index (χ4v) is 3.07. The van der Waals surface area contributed by atoms with E-state index in [9.17, 15) is 0 Å². The van der Waals surface area contributed by atoms with Gasteiger partial charge in [0.2, 0.25) is 0 Å². The highest BCUT2D eigenvalue weighted by Gasteiger charge is 2.42. The van der Waals surface area contributed by atoms with Crippen LogP contribution in [-0.4, -0.2) is 30.7 Å². The van der Waals surface area contributed by atoms with Gasteiger partial charge in [0.25, 0.3) is 0 Å². The molecule has 19 heavy (non-hydrogen) atoms. The second kappa shape index (κ2) is 5.55. The van der Waals surface area contributed by atoms with Crippen LogP contribution >= 0.6 is 0 Å². The second-order valence-corrected chi connectivity index (χ2v) is 5.64. The monoisotopic (exact) mass is 263 g/mol. The summed E-state index contributed by atoms with van der Waals surface area (Å²) in [7, 11) is 3.75. The van der Waals surface area contributed by atoms with E-state index in [1.807, 2.05) is 7.05 Å². The second-order valence-electron chi connectivity index (χ2n) is 5.64. The fourth-order valence-electron chi connectivity index (χ4n) is 3.07. The maximum absolute atomic E-state index is 5.68. The van der Waals surface area contributed by atoms with Gasteiger partial charge in [-0.1, -0.05) is 6.92 Å². The van der Waals surface area contributed by atoms with E-state index in [1.165, 1.54) is 12.0 Å². The molecule has 0 aliphatic heterocycles. The molecule has 1 fully saturated rings. The van der Waals surface area contributed by atoms with Crippen molar-refractivity contribution in [3.63, 3.8) is 0 Å². The van der Waals surface area contributed by atoms with Crippen molar-refractivity contribution in [2.45, 2.75) is 51.6 Å². The normalized spacial score (nSPS) is 19.0. The Morgan fingerprint density at radius 2 is 1.84 bits per heavy atom. The lowest BCUT2D eigenvalue weighted by molar-refractivity contribution is -0.0849. The maximum Gasteiger partial charge on any atom is 0.160 e. The predicted octanol–water partition coefficient (Wildman–Crippen LogP) is 2.44. The number of ether oxygens (including phenoxy) is 1. The number of likely N-dealkylation sites (N-methyl/N-ethyl adjacent to an activating group) is 1. The van der Waals surface area contributed by atoms with E-state index in [0.717, 1.165) is 36.6 Å². The van der Waals surface area contributed by atoms with Crippen molar-refractivity contribution in [3.05, 3.63) is 22.8 Å². The first-order valence-electron chi connectivity index (χ1n) is 7.09. The molecule has 0 spiro atoms. The molecule has 1 saturated carbocycles. The Hall–Kier alpha value is -1.00. The zero-order valence-corrected chi connectivity index (χ0v) is 12.7. The van der Waals surface area contributed by atoms with Gasteiger partial charge in [0.05, 0.1) is 0 Å². The van der Waals surface area contributed by atoms with Gasteiger partial charge in [-0.25, -0.2) is 9.97 Å². The lowest BCUT2D eigenvalue weighted by Crippen LogP contribution is -2.38. The quantitative estimate of drug-likeness (QED) is 0.886. The molecule has 0 radical (unpaired) electrons. The van der Waals surface area contributed by atoms with E-state index in [2.05, 4.69) is 26.1 Å². The van der Waals surface area contributed by atoms with Crippen LogP contribution in [0.25, 0.3) is 0 Å². The Balaban J connectivity index is 2.36. The van der Waals surface area contributed by atoms with Crippen LogP contribution in [0.1, 0.15) is 54.9 Å². The van der Waals surface area contributed by atoms with Gasteiger partial charge < -0.3 is 10.1 Å². The first kappa shape index (κ1) is 14.4. The van der Waals surface area contributed by atoms with E-state index in [0.29, 0.717) is 5.92 Å². The van der Waals surface area contributed by atoms with Crippen LogP contribution in [0.2, 0.25) is 0 Å². The first-order chi connectivity index (χ1) is 9.04. The lowest BCUT2D eigenvalue weighted by Gasteiger charge is -2.39. The van der Waals surface area contributed by atoms with E-state index >= 15 is 0 Å². The van der Waals surface area contributed by atoms with E-state index in [1.54, 1.807) is 7.11 Å². The summed E-state index contributed by atoms with van der Waals surface area (Å²) in [6.45, 7) is 7.33. The number of rotatable bonds is 5. The van der Waals surface area contributed by atoms with Crippen molar-refractivity contribution in [3.8, 4) is 0 Å². The Morgan fingerprint density at radius 3 is 2.21 bits per heavy atom. The van der Waals surface area contributed by atoms with Crippen LogP contribution in [0.15, 0.2) is 0 Å². The summed E-state index contributed by atoms with van der Waals surface area (Å²) in [4.78, 5) is 9.48. The summed E-state index contributed by atoms with van der Waals surface area (Å²) >= 11 is 0. The van der Waals surface area contributed by atoms with Crippen LogP contribution in [0.4, 0.5) is 0 Å². The van der Waals surface area contributed by atoms with Gasteiger partial charge in [0.1, 0.15) is 5.60 Å². The Bertz CT molecular complexity index is 426. The van der Waals surface area contributed by atoms with Gasteiger partial charge >= 0.3 is 0 Å². The minimum Gasteiger partial charge on any atom is -0.370 e. The van der Waals surface area contributed by atoms with Gasteiger partial charge in [0.15, 0.2) is 5.82 Å². The number of nitrogens with one attached hydrogen (secondary N) is 1. The molecule has 1 atom stereocenters. The minimum absolute atomic E-state index is 0.222. The van der Waals surface area contributed by atoms with Crippen LogP contribution < -0.4 is 5.32 Å². The summed E-state index contributed by atoms with van der Waals surface area (Å²) in [5, 5.41) is 3.22. The van der Waals surface area contributed by atoms with Crippen LogP contribution in [0.5, 0.6) is 0 Å². The van der Waals surface area contributed by atoms with Crippen molar-refractivity contribution < 1.29 is 4.74 Å². The van der Waals surface area contributed by atoms with Gasteiger partial charge in [-0.05, 0) is 51.6 Å². The first-order valence-corrected chi connectivity index (χ1v) is 7.09. The molecule has 0 amide bonds. The van der Waals surface area contributed by atoms with Crippen LogP contribution in [0.3, 0.4) is 0 Å². The van der Waals surface area contributed by atoms with Crippen molar-refractivity contribution in [1.82, 2.24) is 15.3 Å². The SMILES string of the molecule is CNCC(C)c1c(C)nc(C2(OC)CCC2)nc1C. The van der Waals surface area contributed by atoms with Gasteiger partial charge in [-0.3, -0.25) is 0 Å². The molecular formula is C15H25N3O. The standard InChI is InChI=1S/C15H25N3O/c1-10(9-16-4)13-11(2)17-14(18-12(13)3)15(19-5)7-6-8-15/h10,16H,6-9H2,1-5H3. The molecule has 1 unspecified atom stereocenters. The number of aryl methyl sites for hydroxylation is 2. The number of hydrogen-bond acceptors (Lipinski definition) is 4. The molecule has 0 bridgehead atoms. The van der Waals surface area contributed by atoms with Gasteiger partial charge in [-0.15, -0.1) is 0 Å². The molecule has 1 N–H and O–H groups in total. The van der Waals surface area contributed by atoms with Crippen molar-refractivity contribution in [2.24, 2.45) is 0 Å². The molecule has 1 aliphatic rings. The molecule has 4 nitrogen and oxygen atoms in total. The minimum atomic E-state index is -0.222. The highest BCUT2D eigenvalue weighted by Crippen LogP contribution is 2.43. The number of aromatic nitrogens is 2. The Kier molecular flexibility index (Phi) is 4.21. The average molecular weight is 263 g/mol. The highest BCUT2D eigenvalue weighted by molar-refractivity contribution is 5.30. The van der Waals surface area contributed by atoms with Crippen LogP contribution in [0, 0.1) is 13.8 Å². The zero-order chi connectivity index (χ0) is 14.0. The summed E-state index contributed by atoms with van der Waals surface area (Å²) in [6, 6.07) is 0. The molecule has 2 rings (SSSR count). The molecule has 1 aromatic heterocycles.